The molecule has 0 spiro atoms. The quantitative estimate of drug-likeness (QED) is 0.503. The Morgan fingerprint density at radius 2 is 1.63 bits per heavy atom. The first-order valence-electron chi connectivity index (χ1n) is 6.82. The van der Waals surface area contributed by atoms with Gasteiger partial charge < -0.3 is 5.32 Å². The molecular weight excluding hydrogens is 443 g/mol. The molecule has 1 aromatic heterocycles. The second kappa shape index (κ2) is 6.82. The van der Waals surface area contributed by atoms with Crippen LogP contribution < -0.4 is 5.32 Å². The third kappa shape index (κ3) is 3.67. The van der Waals surface area contributed by atoms with Gasteiger partial charge in [0.25, 0.3) is 20.2 Å². The minimum atomic E-state index is -5.19. The number of fused-ring (bicyclic) bond motifs is 1. The van der Waals surface area contributed by atoms with Crippen LogP contribution >= 0.6 is 23.2 Å². The van der Waals surface area contributed by atoms with Crippen molar-refractivity contribution in [2.75, 3.05) is 5.32 Å². The molecule has 0 atom stereocenters. The first-order valence-corrected chi connectivity index (χ1v) is 10.5. The molecule has 14 heteroatoms. The van der Waals surface area contributed by atoms with Crippen LogP contribution in [0, 0.1) is 0 Å². The summed E-state index contributed by atoms with van der Waals surface area (Å²) in [6.45, 7) is 0. The predicted molar refractivity (Wildman–Crippen MR) is 96.7 cm³/mol. The molecule has 0 amide bonds. The molecule has 0 saturated carbocycles. The highest BCUT2D eigenvalue weighted by Crippen LogP contribution is 2.45. The standard InChI is InChI=1S/C13H8Cl2N4O6S2/c14-7-3-1-2-6-9(7)10(15)11(17-8-4-5-16-19-18-8)13(27(23,24)25)12(6)26(20,21)22/h1-5H,(H,16,17,18)(H,20,21,22)(H,23,24,25). The van der Waals surface area contributed by atoms with Gasteiger partial charge in [0.1, 0.15) is 9.79 Å². The third-order valence-electron chi connectivity index (χ3n) is 3.40. The summed E-state index contributed by atoms with van der Waals surface area (Å²) >= 11 is 12.4. The number of halogens is 2. The largest absolute Gasteiger partial charge is 0.336 e. The van der Waals surface area contributed by atoms with Gasteiger partial charge in [-0.2, -0.15) is 16.8 Å². The van der Waals surface area contributed by atoms with E-state index in [2.05, 4.69) is 20.7 Å². The Kier molecular flexibility index (Phi) is 4.96. The van der Waals surface area contributed by atoms with Crippen molar-refractivity contribution in [2.45, 2.75) is 9.79 Å². The number of anilines is 2. The van der Waals surface area contributed by atoms with Crippen LogP contribution in [-0.4, -0.2) is 41.4 Å². The van der Waals surface area contributed by atoms with Gasteiger partial charge in [-0.1, -0.05) is 35.3 Å². The predicted octanol–water partition coefficient (Wildman–Crippen LogP) is 2.57. The summed E-state index contributed by atoms with van der Waals surface area (Å²) < 4.78 is 67.2. The lowest BCUT2D eigenvalue weighted by Crippen LogP contribution is -2.13. The topological polar surface area (TPSA) is 159 Å². The maximum absolute atomic E-state index is 12.0. The van der Waals surface area contributed by atoms with Gasteiger partial charge in [0.15, 0.2) is 5.82 Å². The molecule has 0 radical (unpaired) electrons. The molecule has 0 unspecified atom stereocenters. The SMILES string of the molecule is O=S(=O)(O)c1c(Nc2ccnnn2)c(Cl)c2c(Cl)cccc2c1S(=O)(=O)O. The van der Waals surface area contributed by atoms with Gasteiger partial charge in [-0.25, -0.2) is 0 Å². The van der Waals surface area contributed by atoms with E-state index >= 15 is 0 Å². The molecule has 3 rings (SSSR count). The zero-order valence-electron chi connectivity index (χ0n) is 12.8. The van der Waals surface area contributed by atoms with E-state index in [1.54, 1.807) is 0 Å². The Bertz CT molecular complexity index is 1270. The van der Waals surface area contributed by atoms with Crippen LogP contribution in [0.25, 0.3) is 10.8 Å². The highest BCUT2D eigenvalue weighted by Gasteiger charge is 2.33. The van der Waals surface area contributed by atoms with Crippen LogP contribution in [0.4, 0.5) is 11.5 Å². The summed E-state index contributed by atoms with van der Waals surface area (Å²) in [6, 6.07) is 5.17. The van der Waals surface area contributed by atoms with Crippen molar-refractivity contribution in [1.29, 1.82) is 0 Å². The second-order valence-corrected chi connectivity index (χ2v) is 8.59. The van der Waals surface area contributed by atoms with Gasteiger partial charge in [0.2, 0.25) is 0 Å². The summed E-state index contributed by atoms with van der Waals surface area (Å²) in [5.41, 5.74) is -0.562. The second-order valence-electron chi connectivity index (χ2n) is 5.09. The molecule has 2 aromatic carbocycles. The monoisotopic (exact) mass is 450 g/mol. The van der Waals surface area contributed by atoms with Crippen molar-refractivity contribution in [3.05, 3.63) is 40.5 Å². The molecule has 0 aliphatic carbocycles. The van der Waals surface area contributed by atoms with Crippen LogP contribution in [0.1, 0.15) is 0 Å². The van der Waals surface area contributed by atoms with E-state index in [-0.39, 0.29) is 26.6 Å². The van der Waals surface area contributed by atoms with Crippen molar-refractivity contribution in [3.8, 4) is 0 Å². The van der Waals surface area contributed by atoms with E-state index in [0.717, 1.165) is 0 Å². The summed E-state index contributed by atoms with van der Waals surface area (Å²) in [4.78, 5) is -2.25. The van der Waals surface area contributed by atoms with Gasteiger partial charge in [-0.15, -0.1) is 10.2 Å². The molecule has 0 saturated heterocycles. The molecule has 3 N–H and O–H groups in total. The maximum Gasteiger partial charge on any atom is 0.298 e. The molecule has 0 fully saturated rings. The maximum atomic E-state index is 12.0. The van der Waals surface area contributed by atoms with E-state index in [1.807, 2.05) is 0 Å². The van der Waals surface area contributed by atoms with Gasteiger partial charge in [-0.05, 0) is 11.3 Å². The number of hydrogen-bond donors (Lipinski definition) is 3. The van der Waals surface area contributed by atoms with Crippen LogP contribution in [0.15, 0.2) is 40.3 Å². The highest BCUT2D eigenvalue weighted by atomic mass is 35.5. The first-order chi connectivity index (χ1) is 12.5. The molecule has 142 valence electrons. The van der Waals surface area contributed by atoms with Crippen molar-refractivity contribution in [2.24, 2.45) is 0 Å². The zero-order chi connectivity index (χ0) is 20.0. The Morgan fingerprint density at radius 3 is 2.19 bits per heavy atom. The van der Waals surface area contributed by atoms with E-state index in [4.69, 9.17) is 23.2 Å². The van der Waals surface area contributed by atoms with E-state index in [9.17, 15) is 25.9 Å². The Balaban J connectivity index is 2.58. The summed E-state index contributed by atoms with van der Waals surface area (Å²) in [5, 5.41) is 12.1. The smallest absolute Gasteiger partial charge is 0.298 e. The number of nitrogens with zero attached hydrogens (tertiary/aromatic N) is 3. The number of aromatic nitrogens is 3. The van der Waals surface area contributed by atoms with Crippen LogP contribution in [-0.2, 0) is 20.2 Å². The number of hydrogen-bond acceptors (Lipinski definition) is 8. The molecule has 0 aliphatic heterocycles. The Labute approximate surface area is 162 Å². The average molecular weight is 451 g/mol. The molecule has 1 heterocycles. The summed E-state index contributed by atoms with van der Waals surface area (Å²) in [6.07, 6.45) is 1.22. The molecule has 0 aliphatic rings. The van der Waals surface area contributed by atoms with Gasteiger partial charge in [0, 0.05) is 16.8 Å². The minimum Gasteiger partial charge on any atom is -0.336 e. The average Bonchev–Trinajstić information content (AvgIpc) is 2.55. The fourth-order valence-corrected chi connectivity index (χ4v) is 5.34. The molecule has 3 aromatic rings. The van der Waals surface area contributed by atoms with Crippen LogP contribution in [0.5, 0.6) is 0 Å². The fourth-order valence-electron chi connectivity index (χ4n) is 2.45. The van der Waals surface area contributed by atoms with E-state index < -0.39 is 35.7 Å². The van der Waals surface area contributed by atoms with Gasteiger partial charge >= 0.3 is 0 Å². The number of benzene rings is 2. The highest BCUT2D eigenvalue weighted by molar-refractivity contribution is 7.89. The lowest BCUT2D eigenvalue weighted by atomic mass is 10.1. The normalized spacial score (nSPS) is 12.3. The lowest BCUT2D eigenvalue weighted by Gasteiger charge is -2.18. The fraction of sp³-hybridized carbons (Fsp3) is 0. The lowest BCUT2D eigenvalue weighted by molar-refractivity contribution is 0.468. The van der Waals surface area contributed by atoms with E-state index in [1.165, 1.54) is 30.5 Å². The summed E-state index contributed by atoms with van der Waals surface area (Å²) in [5.74, 6) is -0.0653. The van der Waals surface area contributed by atoms with Gasteiger partial charge in [-0.3, -0.25) is 9.11 Å². The number of rotatable bonds is 4. The number of nitrogens with one attached hydrogen (secondary N) is 1. The minimum absolute atomic E-state index is 0.0202. The molecule has 0 bridgehead atoms. The Morgan fingerprint density at radius 1 is 0.963 bits per heavy atom. The molecule has 10 nitrogen and oxygen atoms in total. The van der Waals surface area contributed by atoms with Gasteiger partial charge in [0.05, 0.1) is 21.9 Å². The van der Waals surface area contributed by atoms with Crippen molar-refractivity contribution in [1.82, 2.24) is 15.4 Å². The molecule has 27 heavy (non-hydrogen) atoms. The zero-order valence-corrected chi connectivity index (χ0v) is 16.0. The van der Waals surface area contributed by atoms with Crippen molar-refractivity contribution >= 4 is 65.7 Å². The molecular formula is C13H8Cl2N4O6S2. The van der Waals surface area contributed by atoms with Crippen LogP contribution in [0.2, 0.25) is 10.0 Å². The van der Waals surface area contributed by atoms with Crippen molar-refractivity contribution in [3.63, 3.8) is 0 Å². The Hall–Kier alpha value is -2.09. The first kappa shape index (κ1) is 19.7. The van der Waals surface area contributed by atoms with E-state index in [0.29, 0.717) is 0 Å². The summed E-state index contributed by atoms with van der Waals surface area (Å²) in [7, 11) is -10.3. The third-order valence-corrected chi connectivity index (χ3v) is 6.09. The van der Waals surface area contributed by atoms with Crippen molar-refractivity contribution < 1.29 is 25.9 Å². The van der Waals surface area contributed by atoms with Crippen LogP contribution in [0.3, 0.4) is 0 Å².